The Morgan fingerprint density at radius 3 is 2.54 bits per heavy atom. The van der Waals surface area contributed by atoms with Crippen molar-refractivity contribution in [2.75, 3.05) is 13.2 Å². The van der Waals surface area contributed by atoms with E-state index in [0.717, 1.165) is 12.8 Å². The summed E-state index contributed by atoms with van der Waals surface area (Å²) in [5, 5.41) is 9.24. The SMILES string of the molecule is O=C(O)C1(C2CCCC2)CCOC1. The van der Waals surface area contributed by atoms with Crippen molar-refractivity contribution in [1.82, 2.24) is 0 Å². The van der Waals surface area contributed by atoms with E-state index in [-0.39, 0.29) is 0 Å². The summed E-state index contributed by atoms with van der Waals surface area (Å²) in [5.41, 5.74) is -0.531. The summed E-state index contributed by atoms with van der Waals surface area (Å²) in [6.45, 7) is 1.07. The molecule has 0 aromatic rings. The Hall–Kier alpha value is -0.570. The van der Waals surface area contributed by atoms with Gasteiger partial charge in [0.05, 0.1) is 12.0 Å². The second-order valence-corrected chi connectivity index (χ2v) is 4.25. The molecular formula is C10H16O3. The number of ether oxygens (including phenoxy) is 1. The lowest BCUT2D eigenvalue weighted by atomic mass is 9.74. The predicted molar refractivity (Wildman–Crippen MR) is 47.5 cm³/mol. The average Bonchev–Trinajstić information content (AvgIpc) is 2.75. The lowest BCUT2D eigenvalue weighted by Gasteiger charge is -2.28. The summed E-state index contributed by atoms with van der Waals surface area (Å²) in [4.78, 5) is 11.2. The van der Waals surface area contributed by atoms with E-state index in [1.165, 1.54) is 12.8 Å². The Bertz CT molecular complexity index is 200. The molecule has 0 radical (unpaired) electrons. The van der Waals surface area contributed by atoms with Crippen LogP contribution in [0.2, 0.25) is 0 Å². The van der Waals surface area contributed by atoms with Crippen molar-refractivity contribution in [2.24, 2.45) is 11.3 Å². The van der Waals surface area contributed by atoms with E-state index in [9.17, 15) is 9.90 Å². The fraction of sp³-hybridized carbons (Fsp3) is 0.900. The van der Waals surface area contributed by atoms with Crippen molar-refractivity contribution in [3.8, 4) is 0 Å². The van der Waals surface area contributed by atoms with Crippen LogP contribution in [-0.2, 0) is 9.53 Å². The summed E-state index contributed by atoms with van der Waals surface area (Å²) >= 11 is 0. The van der Waals surface area contributed by atoms with Crippen LogP contribution in [0.1, 0.15) is 32.1 Å². The van der Waals surface area contributed by atoms with Crippen molar-refractivity contribution in [3.05, 3.63) is 0 Å². The van der Waals surface area contributed by atoms with Gasteiger partial charge in [-0.15, -0.1) is 0 Å². The first-order chi connectivity index (χ1) is 6.26. The third-order valence-electron chi connectivity index (χ3n) is 3.61. The first kappa shape index (κ1) is 9.00. The number of carboxylic acid groups (broad SMARTS) is 1. The maximum absolute atomic E-state index is 11.2. The molecule has 0 aromatic carbocycles. The van der Waals surface area contributed by atoms with Crippen LogP contribution in [0.3, 0.4) is 0 Å². The lowest BCUT2D eigenvalue weighted by molar-refractivity contribution is -0.152. The van der Waals surface area contributed by atoms with Crippen LogP contribution in [0.15, 0.2) is 0 Å². The topological polar surface area (TPSA) is 46.5 Å². The quantitative estimate of drug-likeness (QED) is 0.710. The molecule has 0 amide bonds. The highest BCUT2D eigenvalue weighted by molar-refractivity contribution is 5.75. The number of carbonyl (C=O) groups is 1. The molecule has 1 unspecified atom stereocenters. The molecule has 0 spiro atoms. The van der Waals surface area contributed by atoms with Gasteiger partial charge in [0.25, 0.3) is 0 Å². The Labute approximate surface area is 78.1 Å². The molecule has 2 fully saturated rings. The second-order valence-electron chi connectivity index (χ2n) is 4.25. The Morgan fingerprint density at radius 2 is 2.08 bits per heavy atom. The second kappa shape index (κ2) is 3.29. The van der Waals surface area contributed by atoms with Crippen LogP contribution < -0.4 is 0 Å². The van der Waals surface area contributed by atoms with Crippen LogP contribution in [0.4, 0.5) is 0 Å². The van der Waals surface area contributed by atoms with E-state index in [2.05, 4.69) is 0 Å². The van der Waals surface area contributed by atoms with Gasteiger partial charge in [-0.1, -0.05) is 12.8 Å². The first-order valence-electron chi connectivity index (χ1n) is 5.07. The number of hydrogen-bond acceptors (Lipinski definition) is 2. The van der Waals surface area contributed by atoms with E-state index in [1.807, 2.05) is 0 Å². The van der Waals surface area contributed by atoms with Crippen LogP contribution in [0.5, 0.6) is 0 Å². The summed E-state index contributed by atoms with van der Waals surface area (Å²) in [6.07, 6.45) is 5.26. The van der Waals surface area contributed by atoms with E-state index < -0.39 is 11.4 Å². The molecule has 1 N–H and O–H groups in total. The molecule has 13 heavy (non-hydrogen) atoms. The Morgan fingerprint density at radius 1 is 1.38 bits per heavy atom. The Kier molecular flexibility index (Phi) is 2.28. The van der Waals surface area contributed by atoms with Gasteiger partial charge in [0.2, 0.25) is 0 Å². The zero-order chi connectivity index (χ0) is 9.31. The van der Waals surface area contributed by atoms with Gasteiger partial charge in [0.15, 0.2) is 0 Å². The van der Waals surface area contributed by atoms with Crippen molar-refractivity contribution in [2.45, 2.75) is 32.1 Å². The monoisotopic (exact) mass is 184 g/mol. The highest BCUT2D eigenvalue weighted by Crippen LogP contribution is 2.45. The normalized spacial score (nSPS) is 35.4. The molecule has 2 aliphatic rings. The molecule has 1 aliphatic carbocycles. The van der Waals surface area contributed by atoms with Gasteiger partial charge < -0.3 is 9.84 Å². The molecule has 1 heterocycles. The number of carboxylic acids is 1. The molecule has 3 nitrogen and oxygen atoms in total. The van der Waals surface area contributed by atoms with Gasteiger partial charge in [-0.3, -0.25) is 4.79 Å². The van der Waals surface area contributed by atoms with Crippen molar-refractivity contribution in [3.63, 3.8) is 0 Å². The zero-order valence-corrected chi connectivity index (χ0v) is 7.79. The summed E-state index contributed by atoms with van der Waals surface area (Å²) < 4.78 is 5.25. The van der Waals surface area contributed by atoms with Gasteiger partial charge in [-0.25, -0.2) is 0 Å². The third kappa shape index (κ3) is 1.35. The highest BCUT2D eigenvalue weighted by atomic mass is 16.5. The Balaban J connectivity index is 2.16. The minimum Gasteiger partial charge on any atom is -0.481 e. The highest BCUT2D eigenvalue weighted by Gasteiger charge is 2.49. The molecule has 74 valence electrons. The molecule has 1 saturated carbocycles. The van der Waals surface area contributed by atoms with Gasteiger partial charge in [0, 0.05) is 6.61 Å². The minimum atomic E-state index is -0.642. The van der Waals surface area contributed by atoms with Gasteiger partial charge in [-0.2, -0.15) is 0 Å². The van der Waals surface area contributed by atoms with Crippen molar-refractivity contribution >= 4 is 5.97 Å². The molecule has 3 heteroatoms. The largest absolute Gasteiger partial charge is 0.481 e. The third-order valence-corrected chi connectivity index (χ3v) is 3.61. The fourth-order valence-electron chi connectivity index (χ4n) is 2.72. The summed E-state index contributed by atoms with van der Waals surface area (Å²) in [6, 6.07) is 0. The van der Waals surface area contributed by atoms with Gasteiger partial charge >= 0.3 is 5.97 Å². The molecule has 2 rings (SSSR count). The van der Waals surface area contributed by atoms with Crippen LogP contribution in [0, 0.1) is 11.3 Å². The van der Waals surface area contributed by atoms with E-state index >= 15 is 0 Å². The van der Waals surface area contributed by atoms with Gasteiger partial charge in [-0.05, 0) is 25.2 Å². The zero-order valence-electron chi connectivity index (χ0n) is 7.79. The van der Waals surface area contributed by atoms with Gasteiger partial charge in [0.1, 0.15) is 0 Å². The van der Waals surface area contributed by atoms with Crippen molar-refractivity contribution in [1.29, 1.82) is 0 Å². The molecule has 0 bridgehead atoms. The van der Waals surface area contributed by atoms with Crippen molar-refractivity contribution < 1.29 is 14.6 Å². The minimum absolute atomic E-state index is 0.368. The molecule has 0 aromatic heterocycles. The van der Waals surface area contributed by atoms with Crippen LogP contribution in [0.25, 0.3) is 0 Å². The fourth-order valence-corrected chi connectivity index (χ4v) is 2.72. The summed E-state index contributed by atoms with van der Waals surface area (Å²) in [5.74, 6) is -0.274. The molecular weight excluding hydrogens is 168 g/mol. The summed E-state index contributed by atoms with van der Waals surface area (Å²) in [7, 11) is 0. The van der Waals surface area contributed by atoms with E-state index in [1.54, 1.807) is 0 Å². The predicted octanol–water partition coefficient (Wildman–Crippen LogP) is 1.67. The number of aliphatic carboxylic acids is 1. The standard InChI is InChI=1S/C10H16O3/c11-9(12)10(5-6-13-7-10)8-3-1-2-4-8/h8H,1-7H2,(H,11,12). The lowest BCUT2D eigenvalue weighted by Crippen LogP contribution is -2.38. The van der Waals surface area contributed by atoms with Crippen LogP contribution >= 0.6 is 0 Å². The maximum Gasteiger partial charge on any atom is 0.312 e. The smallest absolute Gasteiger partial charge is 0.312 e. The molecule has 1 aliphatic heterocycles. The number of rotatable bonds is 2. The van der Waals surface area contributed by atoms with E-state index in [4.69, 9.17) is 4.74 Å². The van der Waals surface area contributed by atoms with Crippen LogP contribution in [-0.4, -0.2) is 24.3 Å². The molecule has 1 atom stereocenters. The van der Waals surface area contributed by atoms with E-state index in [0.29, 0.717) is 25.6 Å². The number of hydrogen-bond donors (Lipinski definition) is 1. The average molecular weight is 184 g/mol. The first-order valence-corrected chi connectivity index (χ1v) is 5.07. The maximum atomic E-state index is 11.2. The molecule has 1 saturated heterocycles.